The fraction of sp³-hybridized carbons (Fsp3) is 0.440. The van der Waals surface area contributed by atoms with E-state index in [0.29, 0.717) is 24.8 Å². The van der Waals surface area contributed by atoms with Crippen LogP contribution in [-0.2, 0) is 21.9 Å². The van der Waals surface area contributed by atoms with Crippen LogP contribution in [0.25, 0.3) is 0 Å². The highest BCUT2D eigenvalue weighted by Crippen LogP contribution is 2.18. The van der Waals surface area contributed by atoms with Crippen LogP contribution in [0.4, 0.5) is 0 Å². The van der Waals surface area contributed by atoms with Crippen molar-refractivity contribution in [3.05, 3.63) is 70.8 Å². The largest absolute Gasteiger partial charge is 0.354 e. The maximum atomic E-state index is 13.1. The Bertz CT molecular complexity index is 816. The van der Waals surface area contributed by atoms with Crippen LogP contribution in [0.3, 0.4) is 0 Å². The number of thioether (sulfide) groups is 1. The first-order chi connectivity index (χ1) is 14.3. The van der Waals surface area contributed by atoms with Crippen LogP contribution >= 0.6 is 11.8 Å². The number of rotatable bonds is 10. The van der Waals surface area contributed by atoms with Crippen LogP contribution in [0.15, 0.2) is 48.5 Å². The predicted octanol–water partition coefficient (Wildman–Crippen LogP) is 4.73. The average Bonchev–Trinajstić information content (AvgIpc) is 2.69. The van der Waals surface area contributed by atoms with Gasteiger partial charge in [0.25, 0.3) is 0 Å². The Morgan fingerprint density at radius 2 is 1.60 bits per heavy atom. The fourth-order valence-electron chi connectivity index (χ4n) is 3.31. The monoisotopic (exact) mass is 426 g/mol. The molecule has 0 fully saturated rings. The summed E-state index contributed by atoms with van der Waals surface area (Å²) in [7, 11) is 0. The Morgan fingerprint density at radius 3 is 2.20 bits per heavy atom. The van der Waals surface area contributed by atoms with Gasteiger partial charge in [-0.25, -0.2) is 0 Å². The Labute approximate surface area is 185 Å². The van der Waals surface area contributed by atoms with Crippen molar-refractivity contribution in [2.75, 3.05) is 12.3 Å². The first-order valence-corrected chi connectivity index (χ1v) is 11.7. The first kappa shape index (κ1) is 24.0. The van der Waals surface area contributed by atoms with E-state index in [1.165, 1.54) is 16.7 Å². The molecule has 0 aliphatic heterocycles. The van der Waals surface area contributed by atoms with E-state index >= 15 is 0 Å². The Hall–Kier alpha value is -2.27. The van der Waals surface area contributed by atoms with Gasteiger partial charge in [-0.3, -0.25) is 9.59 Å². The predicted molar refractivity (Wildman–Crippen MR) is 126 cm³/mol. The number of amides is 2. The van der Waals surface area contributed by atoms with E-state index in [4.69, 9.17) is 0 Å². The molecule has 4 nitrogen and oxygen atoms in total. The van der Waals surface area contributed by atoms with Crippen molar-refractivity contribution >= 4 is 23.6 Å². The van der Waals surface area contributed by atoms with Crippen molar-refractivity contribution in [2.45, 2.75) is 53.0 Å². The van der Waals surface area contributed by atoms with Crippen molar-refractivity contribution in [2.24, 2.45) is 5.92 Å². The van der Waals surface area contributed by atoms with Gasteiger partial charge in [-0.15, -0.1) is 11.8 Å². The molecule has 2 amide bonds. The van der Waals surface area contributed by atoms with Crippen LogP contribution in [0.1, 0.15) is 43.0 Å². The lowest BCUT2D eigenvalue weighted by Crippen LogP contribution is -2.48. The number of benzene rings is 2. The Morgan fingerprint density at radius 1 is 0.967 bits per heavy atom. The second kappa shape index (κ2) is 11.8. The minimum Gasteiger partial charge on any atom is -0.354 e. The zero-order valence-electron chi connectivity index (χ0n) is 18.8. The lowest BCUT2D eigenvalue weighted by molar-refractivity contribution is -0.138. The zero-order chi connectivity index (χ0) is 22.1. The van der Waals surface area contributed by atoms with Crippen LogP contribution in [0.2, 0.25) is 0 Å². The van der Waals surface area contributed by atoms with Crippen molar-refractivity contribution in [3.8, 4) is 0 Å². The summed E-state index contributed by atoms with van der Waals surface area (Å²) in [6.45, 7) is 11.1. The van der Waals surface area contributed by atoms with Gasteiger partial charge in [0, 0.05) is 18.8 Å². The quantitative estimate of drug-likeness (QED) is 0.598. The van der Waals surface area contributed by atoms with Gasteiger partial charge in [0.1, 0.15) is 6.04 Å². The van der Waals surface area contributed by atoms with Crippen LogP contribution in [0.5, 0.6) is 0 Å². The van der Waals surface area contributed by atoms with Gasteiger partial charge in [0.05, 0.1) is 5.75 Å². The van der Waals surface area contributed by atoms with Gasteiger partial charge in [-0.2, -0.15) is 0 Å². The normalized spacial score (nSPS) is 11.9. The summed E-state index contributed by atoms with van der Waals surface area (Å²) in [6, 6.07) is 15.8. The number of aryl methyl sites for hydroxylation is 2. The van der Waals surface area contributed by atoms with E-state index in [-0.39, 0.29) is 11.8 Å². The summed E-state index contributed by atoms with van der Waals surface area (Å²) in [5, 5.41) is 2.96. The van der Waals surface area contributed by atoms with Crippen molar-refractivity contribution in [1.82, 2.24) is 10.2 Å². The molecule has 1 atom stereocenters. The van der Waals surface area contributed by atoms with Gasteiger partial charge in [-0.05, 0) is 37.8 Å². The van der Waals surface area contributed by atoms with Crippen LogP contribution in [0, 0.1) is 19.8 Å². The lowest BCUT2D eigenvalue weighted by atomic mass is 10.1. The maximum absolute atomic E-state index is 13.1. The van der Waals surface area contributed by atoms with E-state index in [1.54, 1.807) is 16.7 Å². The SMILES string of the molecule is Cc1cc(C)cc(CSCC(=O)N(Cc2ccccc2)C(C)C(=O)NCC(C)C)c1. The standard InChI is InChI=1S/C25H34N2O2S/c1-18(2)14-26-25(29)21(5)27(15-22-9-7-6-8-10-22)24(28)17-30-16-23-12-19(3)11-20(4)13-23/h6-13,18,21H,14-17H2,1-5H3,(H,26,29). The molecule has 2 aromatic carbocycles. The maximum Gasteiger partial charge on any atom is 0.242 e. The van der Waals surface area contributed by atoms with E-state index in [9.17, 15) is 9.59 Å². The van der Waals surface area contributed by atoms with E-state index in [1.807, 2.05) is 37.3 Å². The second-order valence-corrected chi connectivity index (χ2v) is 9.30. The van der Waals surface area contributed by atoms with Gasteiger partial charge in [-0.1, -0.05) is 73.5 Å². The van der Waals surface area contributed by atoms with E-state index in [2.05, 4.69) is 51.2 Å². The first-order valence-electron chi connectivity index (χ1n) is 10.5. The minimum atomic E-state index is -0.515. The molecule has 162 valence electrons. The van der Waals surface area contributed by atoms with Crippen molar-refractivity contribution < 1.29 is 9.59 Å². The molecular formula is C25H34N2O2S. The number of nitrogens with one attached hydrogen (secondary N) is 1. The average molecular weight is 427 g/mol. The van der Waals surface area contributed by atoms with E-state index < -0.39 is 6.04 Å². The van der Waals surface area contributed by atoms with Gasteiger partial charge in [0.15, 0.2) is 0 Å². The topological polar surface area (TPSA) is 49.4 Å². The van der Waals surface area contributed by atoms with Crippen LogP contribution < -0.4 is 5.32 Å². The Kier molecular flexibility index (Phi) is 9.44. The van der Waals surface area contributed by atoms with Crippen molar-refractivity contribution in [1.29, 1.82) is 0 Å². The molecule has 0 saturated carbocycles. The smallest absolute Gasteiger partial charge is 0.242 e. The molecule has 30 heavy (non-hydrogen) atoms. The molecule has 0 saturated heterocycles. The van der Waals surface area contributed by atoms with Crippen LogP contribution in [-0.4, -0.2) is 35.1 Å². The van der Waals surface area contributed by atoms with E-state index in [0.717, 1.165) is 11.3 Å². The number of carbonyl (C=O) groups excluding carboxylic acids is 2. The summed E-state index contributed by atoms with van der Waals surface area (Å²) in [4.78, 5) is 27.4. The number of carbonyl (C=O) groups is 2. The number of nitrogens with zero attached hydrogens (tertiary/aromatic N) is 1. The number of hydrogen-bond acceptors (Lipinski definition) is 3. The minimum absolute atomic E-state index is 0.0135. The molecule has 0 spiro atoms. The van der Waals surface area contributed by atoms with Gasteiger partial charge < -0.3 is 10.2 Å². The van der Waals surface area contributed by atoms with Gasteiger partial charge >= 0.3 is 0 Å². The lowest BCUT2D eigenvalue weighted by Gasteiger charge is -2.29. The summed E-state index contributed by atoms with van der Waals surface area (Å²) in [5.41, 5.74) is 4.72. The molecule has 1 unspecified atom stereocenters. The number of hydrogen-bond donors (Lipinski definition) is 1. The second-order valence-electron chi connectivity index (χ2n) is 8.31. The highest BCUT2D eigenvalue weighted by molar-refractivity contribution is 7.99. The molecule has 2 aromatic rings. The fourth-order valence-corrected chi connectivity index (χ4v) is 4.15. The van der Waals surface area contributed by atoms with Crippen molar-refractivity contribution in [3.63, 3.8) is 0 Å². The molecular weight excluding hydrogens is 392 g/mol. The molecule has 0 aliphatic carbocycles. The molecule has 0 radical (unpaired) electrons. The third-order valence-corrected chi connectivity index (χ3v) is 5.81. The summed E-state index contributed by atoms with van der Waals surface area (Å²) < 4.78 is 0. The molecule has 5 heteroatoms. The summed E-state index contributed by atoms with van der Waals surface area (Å²) in [5.74, 6) is 1.38. The molecule has 2 rings (SSSR count). The Balaban J connectivity index is 2.04. The molecule has 0 aliphatic rings. The highest BCUT2D eigenvalue weighted by atomic mass is 32.2. The summed E-state index contributed by atoms with van der Waals surface area (Å²) >= 11 is 1.60. The third-order valence-electron chi connectivity index (χ3n) is 4.82. The van der Waals surface area contributed by atoms with Gasteiger partial charge in [0.2, 0.25) is 11.8 Å². The molecule has 0 bridgehead atoms. The highest BCUT2D eigenvalue weighted by Gasteiger charge is 2.26. The molecule has 0 heterocycles. The summed E-state index contributed by atoms with van der Waals surface area (Å²) in [6.07, 6.45) is 0. The molecule has 1 N–H and O–H groups in total. The third kappa shape index (κ3) is 7.86. The zero-order valence-corrected chi connectivity index (χ0v) is 19.6. The molecule has 0 aromatic heterocycles.